The van der Waals surface area contributed by atoms with Crippen LogP contribution in [0.25, 0.3) is 0 Å². The summed E-state index contributed by atoms with van der Waals surface area (Å²) in [6, 6.07) is 14.4. The Morgan fingerprint density at radius 3 is 1.05 bits per heavy atom. The Labute approximate surface area is 273 Å². The second-order valence-electron chi connectivity index (χ2n) is 13.2. The second kappa shape index (κ2) is 24.1. The molecule has 0 aliphatic carbocycles. The highest BCUT2D eigenvalue weighted by Crippen LogP contribution is 2.26. The third-order valence-electron chi connectivity index (χ3n) is 8.75. The predicted molar refractivity (Wildman–Crippen MR) is 199 cm³/mol. The molecule has 0 N–H and O–H groups in total. The van der Waals surface area contributed by atoms with Gasteiger partial charge in [-0.3, -0.25) is 9.98 Å². The van der Waals surface area contributed by atoms with E-state index in [4.69, 9.17) is 9.98 Å². The van der Waals surface area contributed by atoms with E-state index in [9.17, 15) is 0 Å². The molecule has 0 fully saturated rings. The third-order valence-corrected chi connectivity index (χ3v) is 8.75. The van der Waals surface area contributed by atoms with Crippen molar-refractivity contribution in [1.82, 2.24) is 0 Å². The van der Waals surface area contributed by atoms with Crippen molar-refractivity contribution in [3.63, 3.8) is 0 Å². The number of aliphatic imine (C=N–C) groups is 2. The lowest BCUT2D eigenvalue weighted by atomic mass is 9.99. The van der Waals surface area contributed by atoms with Gasteiger partial charge < -0.3 is 0 Å². The molecule has 246 valence electrons. The molecule has 44 heavy (non-hydrogen) atoms. The summed E-state index contributed by atoms with van der Waals surface area (Å²) in [5.41, 5.74) is 10.6. The van der Waals surface area contributed by atoms with Crippen LogP contribution in [0.4, 0.5) is 11.4 Å². The third kappa shape index (κ3) is 15.7. The lowest BCUT2D eigenvalue weighted by Gasteiger charge is -2.14. The molecule has 2 aromatic rings. The Hall–Kier alpha value is -2.22. The lowest BCUT2D eigenvalue weighted by molar-refractivity contribution is 0.616. The molecular weight excluding hydrogens is 532 g/mol. The van der Waals surface area contributed by atoms with E-state index in [1.165, 1.54) is 130 Å². The van der Waals surface area contributed by atoms with Crippen LogP contribution in [0.5, 0.6) is 0 Å². The van der Waals surface area contributed by atoms with E-state index < -0.39 is 0 Å². The van der Waals surface area contributed by atoms with Crippen molar-refractivity contribution < 1.29 is 0 Å². The highest BCUT2D eigenvalue weighted by molar-refractivity contribution is 6.43. The van der Waals surface area contributed by atoms with Gasteiger partial charge in [-0.2, -0.15) is 0 Å². The minimum absolute atomic E-state index is 1.01. The van der Waals surface area contributed by atoms with Crippen molar-refractivity contribution in [2.75, 3.05) is 0 Å². The Morgan fingerprint density at radius 1 is 0.364 bits per heavy atom. The molecule has 2 rings (SSSR count). The summed E-state index contributed by atoms with van der Waals surface area (Å²) in [5.74, 6) is 0. The number of nitrogens with zero attached hydrogens (tertiary/aromatic N) is 2. The van der Waals surface area contributed by atoms with Crippen LogP contribution in [0.2, 0.25) is 0 Å². The number of hydrogen-bond donors (Lipinski definition) is 0. The number of hydrogen-bond acceptors (Lipinski definition) is 2. The Kier molecular flexibility index (Phi) is 20.8. The van der Waals surface area contributed by atoms with E-state index in [0.29, 0.717) is 0 Å². The zero-order chi connectivity index (χ0) is 31.8. The van der Waals surface area contributed by atoms with Crippen molar-refractivity contribution in [1.29, 1.82) is 0 Å². The van der Waals surface area contributed by atoms with Crippen LogP contribution in [0.1, 0.15) is 179 Å². The van der Waals surface area contributed by atoms with Gasteiger partial charge in [0.1, 0.15) is 0 Å². The highest BCUT2D eigenvalue weighted by atomic mass is 14.8. The van der Waals surface area contributed by atoms with Crippen LogP contribution < -0.4 is 0 Å². The molecule has 0 heterocycles. The van der Waals surface area contributed by atoms with Gasteiger partial charge in [-0.15, -0.1) is 0 Å². The normalized spacial score (nSPS) is 12.3. The van der Waals surface area contributed by atoms with Gasteiger partial charge >= 0.3 is 0 Å². The van der Waals surface area contributed by atoms with Gasteiger partial charge in [-0.1, -0.05) is 118 Å². The van der Waals surface area contributed by atoms with Gasteiger partial charge in [-0.05, 0) is 124 Å². The summed E-state index contributed by atoms with van der Waals surface area (Å²) in [6.07, 6.45) is 26.6. The molecule has 0 atom stereocenters. The van der Waals surface area contributed by atoms with E-state index in [0.717, 1.165) is 56.3 Å². The van der Waals surface area contributed by atoms with Crippen LogP contribution in [0, 0.1) is 0 Å². The molecule has 0 radical (unpaired) electrons. The van der Waals surface area contributed by atoms with Crippen molar-refractivity contribution in [2.24, 2.45) is 9.98 Å². The monoisotopic (exact) mass is 601 g/mol. The Balaban J connectivity index is 2.58. The molecule has 2 aromatic carbocycles. The lowest BCUT2D eigenvalue weighted by Crippen LogP contribution is -2.14. The maximum absolute atomic E-state index is 5.51. The van der Waals surface area contributed by atoms with Gasteiger partial charge in [-0.25, -0.2) is 0 Å². The molecule has 2 heteroatoms. The van der Waals surface area contributed by atoms with E-state index in [1.807, 2.05) is 0 Å². The summed E-state index contributed by atoms with van der Waals surface area (Å²) in [7, 11) is 0. The van der Waals surface area contributed by atoms with Gasteiger partial charge in [0, 0.05) is 0 Å². The van der Waals surface area contributed by atoms with Crippen LogP contribution in [-0.2, 0) is 25.7 Å². The van der Waals surface area contributed by atoms with E-state index in [-0.39, 0.29) is 0 Å². The average Bonchev–Trinajstić information content (AvgIpc) is 3.03. The van der Waals surface area contributed by atoms with Crippen molar-refractivity contribution >= 4 is 22.8 Å². The smallest absolute Gasteiger partial charge is 0.0639 e. The number of aryl methyl sites for hydroxylation is 4. The van der Waals surface area contributed by atoms with Gasteiger partial charge in [0.15, 0.2) is 0 Å². The largest absolute Gasteiger partial charge is 0.252 e. The molecule has 0 aliphatic heterocycles. The van der Waals surface area contributed by atoms with Gasteiger partial charge in [0.2, 0.25) is 0 Å². The molecule has 0 saturated heterocycles. The summed E-state index contributed by atoms with van der Waals surface area (Å²) in [6.45, 7) is 13.8. The average molecular weight is 601 g/mol. The van der Waals surface area contributed by atoms with Crippen LogP contribution in [-0.4, -0.2) is 11.4 Å². The molecule has 0 amide bonds. The fourth-order valence-electron chi connectivity index (χ4n) is 5.97. The first kappa shape index (κ1) is 38.0. The Bertz CT molecular complexity index is 1040. The van der Waals surface area contributed by atoms with Crippen LogP contribution in [0.15, 0.2) is 46.4 Å². The predicted octanol–water partition coefficient (Wildman–Crippen LogP) is 13.8. The zero-order valence-corrected chi connectivity index (χ0v) is 29.9. The topological polar surface area (TPSA) is 24.7 Å². The molecular formula is C42H68N2. The minimum Gasteiger partial charge on any atom is -0.252 e. The van der Waals surface area contributed by atoms with E-state index in [2.05, 4.69) is 77.9 Å². The fourth-order valence-corrected chi connectivity index (χ4v) is 5.97. The van der Waals surface area contributed by atoms with Crippen molar-refractivity contribution in [2.45, 2.75) is 183 Å². The molecule has 0 aliphatic rings. The van der Waals surface area contributed by atoms with E-state index >= 15 is 0 Å². The van der Waals surface area contributed by atoms with Gasteiger partial charge in [0.05, 0.1) is 22.8 Å². The first-order valence-corrected chi connectivity index (χ1v) is 19.0. The summed E-state index contributed by atoms with van der Waals surface area (Å²) >= 11 is 0. The first-order valence-electron chi connectivity index (χ1n) is 19.0. The molecule has 0 saturated carbocycles. The SMILES string of the molecule is CCCCCCCCC(=Nc1cc(CCCC)cc(CCCC)c1)C(CCCC)=Nc1cc(CCCC)cc(CCCC)c1. The standard InChI is InChI=1S/C42H68N2/c1-7-13-19-20-21-22-28-42(44-40-33-37(25-16-10-4)30-38(34-40)26-17-11-5)41(27-18-12-6)43-39-31-35(23-14-8-2)29-36(32-39)24-15-9-3/h29-34H,7-28H2,1-6H3. The van der Waals surface area contributed by atoms with Crippen molar-refractivity contribution in [3.8, 4) is 0 Å². The second-order valence-corrected chi connectivity index (χ2v) is 13.2. The number of rotatable bonds is 25. The fraction of sp³-hybridized carbons (Fsp3) is 0.667. The quantitative estimate of drug-likeness (QED) is 0.0800. The number of benzene rings is 2. The maximum atomic E-state index is 5.51. The zero-order valence-electron chi connectivity index (χ0n) is 29.9. The highest BCUT2D eigenvalue weighted by Gasteiger charge is 2.13. The van der Waals surface area contributed by atoms with Gasteiger partial charge in [0.25, 0.3) is 0 Å². The summed E-state index contributed by atoms with van der Waals surface area (Å²) < 4.78 is 0. The van der Waals surface area contributed by atoms with Crippen molar-refractivity contribution in [3.05, 3.63) is 58.7 Å². The maximum Gasteiger partial charge on any atom is 0.0639 e. The minimum atomic E-state index is 1.01. The molecule has 0 unspecified atom stereocenters. The number of unbranched alkanes of at least 4 members (excludes halogenated alkanes) is 10. The first-order chi connectivity index (χ1) is 21.6. The Morgan fingerprint density at radius 2 is 0.682 bits per heavy atom. The molecule has 0 aromatic heterocycles. The molecule has 2 nitrogen and oxygen atoms in total. The van der Waals surface area contributed by atoms with E-state index in [1.54, 1.807) is 0 Å². The molecule has 0 bridgehead atoms. The van der Waals surface area contributed by atoms with Crippen LogP contribution in [0.3, 0.4) is 0 Å². The summed E-state index contributed by atoms with van der Waals surface area (Å²) in [4.78, 5) is 11.0. The molecule has 0 spiro atoms. The van der Waals surface area contributed by atoms with Crippen LogP contribution >= 0.6 is 0 Å². The summed E-state index contributed by atoms with van der Waals surface area (Å²) in [5, 5.41) is 0.